The van der Waals surface area contributed by atoms with Crippen LogP contribution in [0.1, 0.15) is 5.69 Å². The summed E-state index contributed by atoms with van der Waals surface area (Å²) in [6.45, 7) is 0.510. The van der Waals surface area contributed by atoms with Crippen molar-refractivity contribution >= 4 is 33.0 Å². The average molecular weight is 347 g/mol. The Morgan fingerprint density at radius 1 is 1.00 bits per heavy atom. The van der Waals surface area contributed by atoms with Gasteiger partial charge in [-0.3, -0.25) is 9.71 Å². The van der Waals surface area contributed by atoms with Crippen LogP contribution in [0.4, 0.5) is 11.6 Å². The van der Waals surface area contributed by atoms with Crippen molar-refractivity contribution in [3.05, 3.63) is 59.7 Å². The lowest BCUT2D eigenvalue weighted by molar-refractivity contribution is 0.603. The summed E-state index contributed by atoms with van der Waals surface area (Å²) < 4.78 is 26.8. The number of thiophene rings is 1. The van der Waals surface area contributed by atoms with Crippen molar-refractivity contribution in [2.24, 2.45) is 0 Å². The van der Waals surface area contributed by atoms with Gasteiger partial charge in [-0.2, -0.15) is 0 Å². The smallest absolute Gasteiger partial charge is 0.272 e. The maximum absolute atomic E-state index is 12.1. The molecule has 0 saturated heterocycles. The summed E-state index contributed by atoms with van der Waals surface area (Å²) in [5.74, 6) is 0.705. The zero-order valence-electron chi connectivity index (χ0n) is 11.9. The molecule has 0 fully saturated rings. The minimum Gasteiger partial charge on any atom is -0.363 e. The van der Waals surface area contributed by atoms with Gasteiger partial charge in [0.1, 0.15) is 10.0 Å². The first-order valence-electron chi connectivity index (χ1n) is 6.67. The number of nitrogens with one attached hydrogen (secondary N) is 2. The third-order valence-corrected chi connectivity index (χ3v) is 5.59. The van der Waals surface area contributed by atoms with Crippen molar-refractivity contribution in [3.63, 3.8) is 0 Å². The van der Waals surface area contributed by atoms with Gasteiger partial charge < -0.3 is 5.32 Å². The molecular weight excluding hydrogens is 334 g/mol. The first-order valence-corrected chi connectivity index (χ1v) is 9.04. The van der Waals surface area contributed by atoms with E-state index in [9.17, 15) is 8.42 Å². The normalized spacial score (nSPS) is 11.1. The molecule has 3 heterocycles. The van der Waals surface area contributed by atoms with Crippen molar-refractivity contribution in [1.82, 2.24) is 15.2 Å². The molecular formula is C14H13N5O2S2. The second-order valence-corrected chi connectivity index (χ2v) is 7.37. The fourth-order valence-corrected chi connectivity index (χ4v) is 3.76. The molecule has 0 radical (unpaired) electrons. The Labute approximate surface area is 137 Å². The summed E-state index contributed by atoms with van der Waals surface area (Å²) in [5.41, 5.74) is 0.872. The minimum absolute atomic E-state index is 0.168. The highest BCUT2D eigenvalue weighted by atomic mass is 32.2. The molecule has 2 N–H and O–H groups in total. The van der Waals surface area contributed by atoms with Gasteiger partial charge in [-0.25, -0.2) is 8.42 Å². The van der Waals surface area contributed by atoms with E-state index in [1.165, 1.54) is 6.07 Å². The maximum Gasteiger partial charge on any atom is 0.272 e. The number of nitrogens with zero attached hydrogens (tertiary/aromatic N) is 3. The first-order chi connectivity index (χ1) is 11.1. The summed E-state index contributed by atoms with van der Waals surface area (Å²) in [6, 6.07) is 12.1. The van der Waals surface area contributed by atoms with E-state index < -0.39 is 10.0 Å². The Bertz CT molecular complexity index is 850. The molecule has 23 heavy (non-hydrogen) atoms. The Hall–Kier alpha value is -2.52. The van der Waals surface area contributed by atoms with E-state index in [0.717, 1.165) is 17.0 Å². The Morgan fingerprint density at radius 2 is 1.83 bits per heavy atom. The molecule has 0 aliphatic rings. The summed E-state index contributed by atoms with van der Waals surface area (Å²) >= 11 is 1.14. The summed E-state index contributed by atoms with van der Waals surface area (Å²) in [7, 11) is -3.60. The van der Waals surface area contributed by atoms with Crippen molar-refractivity contribution in [2.45, 2.75) is 10.8 Å². The summed E-state index contributed by atoms with van der Waals surface area (Å²) in [4.78, 5) is 4.19. The van der Waals surface area contributed by atoms with Crippen molar-refractivity contribution < 1.29 is 8.42 Å². The molecule has 3 rings (SSSR count). The van der Waals surface area contributed by atoms with Crippen LogP contribution in [0.2, 0.25) is 0 Å². The molecule has 3 aromatic rings. The number of hydrogen-bond donors (Lipinski definition) is 2. The van der Waals surface area contributed by atoms with Gasteiger partial charge in [0.15, 0.2) is 5.82 Å². The number of sulfonamides is 1. The van der Waals surface area contributed by atoms with E-state index in [1.807, 2.05) is 18.2 Å². The molecule has 0 spiro atoms. The highest BCUT2D eigenvalue weighted by Crippen LogP contribution is 2.19. The van der Waals surface area contributed by atoms with Crippen molar-refractivity contribution in [3.8, 4) is 0 Å². The highest BCUT2D eigenvalue weighted by molar-refractivity contribution is 7.94. The molecule has 0 aromatic carbocycles. The van der Waals surface area contributed by atoms with Gasteiger partial charge >= 0.3 is 0 Å². The second kappa shape index (κ2) is 6.71. The molecule has 0 bridgehead atoms. The number of anilines is 2. The lowest BCUT2D eigenvalue weighted by Gasteiger charge is -2.07. The van der Waals surface area contributed by atoms with Crippen LogP contribution in [0.5, 0.6) is 0 Å². The Morgan fingerprint density at radius 3 is 2.48 bits per heavy atom. The fourth-order valence-electron chi connectivity index (χ4n) is 1.77. The number of hydrogen-bond acceptors (Lipinski definition) is 7. The zero-order valence-corrected chi connectivity index (χ0v) is 13.5. The number of aromatic nitrogens is 3. The van der Waals surface area contributed by atoms with Crippen LogP contribution in [0.15, 0.2) is 58.3 Å². The van der Waals surface area contributed by atoms with E-state index in [2.05, 4.69) is 25.2 Å². The molecule has 0 aliphatic heterocycles. The Balaban J connectivity index is 1.63. The van der Waals surface area contributed by atoms with Crippen LogP contribution in [-0.4, -0.2) is 23.6 Å². The van der Waals surface area contributed by atoms with Crippen LogP contribution in [0.3, 0.4) is 0 Å². The quantitative estimate of drug-likeness (QED) is 0.710. The lowest BCUT2D eigenvalue weighted by Crippen LogP contribution is -2.13. The SMILES string of the molecule is O=S(=O)(Nc1ccc(NCc2ccccn2)nn1)c1cccs1. The minimum atomic E-state index is -3.60. The molecule has 0 amide bonds. The van der Waals surface area contributed by atoms with Crippen molar-refractivity contribution in [1.29, 1.82) is 0 Å². The largest absolute Gasteiger partial charge is 0.363 e. The zero-order chi connectivity index (χ0) is 16.1. The van der Waals surface area contributed by atoms with Crippen molar-refractivity contribution in [2.75, 3.05) is 10.0 Å². The highest BCUT2D eigenvalue weighted by Gasteiger charge is 2.15. The summed E-state index contributed by atoms with van der Waals surface area (Å²) in [6.07, 6.45) is 1.71. The third kappa shape index (κ3) is 4.02. The van der Waals surface area contributed by atoms with Crippen LogP contribution < -0.4 is 10.0 Å². The predicted molar refractivity (Wildman–Crippen MR) is 88.7 cm³/mol. The van der Waals surface area contributed by atoms with Crippen LogP contribution in [-0.2, 0) is 16.6 Å². The standard InChI is InChI=1S/C14H13N5O2S2/c20-23(21,14-5-3-9-22-14)19-13-7-6-12(17-18-13)16-10-11-4-1-2-8-15-11/h1-9H,10H2,(H,16,17)(H,18,19). The first kappa shape index (κ1) is 15.4. The van der Waals surface area contributed by atoms with Crippen LogP contribution in [0.25, 0.3) is 0 Å². The van der Waals surface area contributed by atoms with Gasteiger partial charge in [0.05, 0.1) is 12.2 Å². The molecule has 0 atom stereocenters. The van der Waals surface area contributed by atoms with Crippen LogP contribution >= 0.6 is 11.3 Å². The van der Waals surface area contributed by atoms with E-state index >= 15 is 0 Å². The summed E-state index contributed by atoms with van der Waals surface area (Å²) in [5, 5.41) is 12.6. The van der Waals surface area contributed by atoms with Crippen LogP contribution in [0, 0.1) is 0 Å². The molecule has 118 valence electrons. The van der Waals surface area contributed by atoms with E-state index in [1.54, 1.807) is 29.8 Å². The predicted octanol–water partition coefficient (Wildman–Crippen LogP) is 2.35. The second-order valence-electron chi connectivity index (χ2n) is 4.52. The molecule has 0 saturated carbocycles. The fraction of sp³-hybridized carbons (Fsp3) is 0.0714. The number of pyridine rings is 1. The van der Waals surface area contributed by atoms with Gasteiger partial charge in [-0.1, -0.05) is 12.1 Å². The monoisotopic (exact) mass is 347 g/mol. The van der Waals surface area contributed by atoms with E-state index in [4.69, 9.17) is 0 Å². The molecule has 3 aromatic heterocycles. The molecule has 9 heteroatoms. The molecule has 0 unspecified atom stereocenters. The van der Waals surface area contributed by atoms with E-state index in [-0.39, 0.29) is 10.0 Å². The van der Waals surface area contributed by atoms with Gasteiger partial charge in [-0.15, -0.1) is 21.5 Å². The third-order valence-electron chi connectivity index (χ3n) is 2.84. The average Bonchev–Trinajstić information content (AvgIpc) is 3.10. The number of rotatable bonds is 6. The van der Waals surface area contributed by atoms with Gasteiger partial charge in [0.2, 0.25) is 0 Å². The van der Waals surface area contributed by atoms with Gasteiger partial charge in [0, 0.05) is 6.20 Å². The van der Waals surface area contributed by atoms with E-state index in [0.29, 0.717) is 12.4 Å². The topological polar surface area (TPSA) is 96.9 Å². The maximum atomic E-state index is 12.1. The molecule has 7 nitrogen and oxygen atoms in total. The Kier molecular flexibility index (Phi) is 4.49. The van der Waals surface area contributed by atoms with Gasteiger partial charge in [-0.05, 0) is 35.7 Å². The lowest BCUT2D eigenvalue weighted by atomic mass is 10.3. The van der Waals surface area contributed by atoms with Gasteiger partial charge in [0.25, 0.3) is 10.0 Å². The molecule has 0 aliphatic carbocycles.